The van der Waals surface area contributed by atoms with E-state index in [4.69, 9.17) is 9.15 Å². The van der Waals surface area contributed by atoms with Crippen LogP contribution in [-0.4, -0.2) is 17.5 Å². The molecule has 4 aromatic rings. The van der Waals surface area contributed by atoms with Crippen LogP contribution in [0.3, 0.4) is 0 Å². The molecular weight excluding hydrogens is 332 g/mol. The summed E-state index contributed by atoms with van der Waals surface area (Å²) < 4.78 is 10.6. The van der Waals surface area contributed by atoms with Gasteiger partial charge in [-0.1, -0.05) is 6.07 Å². The number of nitrogens with one attached hydrogen (secondary N) is 1. The molecule has 0 spiro atoms. The number of amides is 1. The van der Waals surface area contributed by atoms with Crippen LogP contribution in [0.15, 0.2) is 76.1 Å². The number of aromatic nitrogens is 1. The summed E-state index contributed by atoms with van der Waals surface area (Å²) in [6.45, 7) is -0.167. The second-order valence-corrected chi connectivity index (χ2v) is 5.67. The average Bonchev–Trinajstić information content (AvgIpc) is 2.66. The van der Waals surface area contributed by atoms with Gasteiger partial charge in [-0.05, 0) is 42.5 Å². The van der Waals surface area contributed by atoms with E-state index in [2.05, 4.69) is 10.3 Å². The van der Waals surface area contributed by atoms with Crippen LogP contribution in [0.5, 0.6) is 5.75 Å². The fourth-order valence-electron chi connectivity index (χ4n) is 2.68. The van der Waals surface area contributed by atoms with Crippen molar-refractivity contribution in [1.29, 1.82) is 0 Å². The number of carbonyl (C=O) groups is 1. The quantitative estimate of drug-likeness (QED) is 0.573. The first-order valence-corrected chi connectivity index (χ1v) is 7.99. The molecule has 0 bridgehead atoms. The molecule has 0 radical (unpaired) electrons. The summed E-state index contributed by atoms with van der Waals surface area (Å²) in [7, 11) is 0. The van der Waals surface area contributed by atoms with Gasteiger partial charge in [0.25, 0.3) is 5.91 Å². The predicted octanol–water partition coefficient (Wildman–Crippen LogP) is 3.36. The molecule has 2 heterocycles. The molecule has 4 rings (SSSR count). The Hall–Kier alpha value is -3.67. The zero-order valence-electron chi connectivity index (χ0n) is 13.6. The number of hydrogen-bond acceptors (Lipinski definition) is 5. The maximum Gasteiger partial charge on any atom is 0.336 e. The van der Waals surface area contributed by atoms with Crippen LogP contribution in [0.2, 0.25) is 0 Å². The van der Waals surface area contributed by atoms with Gasteiger partial charge in [0.05, 0.1) is 11.2 Å². The summed E-state index contributed by atoms with van der Waals surface area (Å²) in [6, 6.07) is 17.3. The number of fused-ring (bicyclic) bond motifs is 2. The lowest BCUT2D eigenvalue weighted by Crippen LogP contribution is -2.20. The first-order valence-electron chi connectivity index (χ1n) is 7.99. The number of pyridine rings is 1. The smallest absolute Gasteiger partial charge is 0.336 e. The predicted molar refractivity (Wildman–Crippen MR) is 98.4 cm³/mol. The van der Waals surface area contributed by atoms with Crippen molar-refractivity contribution in [3.63, 3.8) is 0 Å². The first-order chi connectivity index (χ1) is 12.7. The molecule has 1 N–H and O–H groups in total. The number of benzene rings is 2. The minimum Gasteiger partial charge on any atom is -0.484 e. The second kappa shape index (κ2) is 6.68. The van der Waals surface area contributed by atoms with E-state index in [-0.39, 0.29) is 12.5 Å². The van der Waals surface area contributed by atoms with Crippen LogP contribution in [0.4, 0.5) is 5.69 Å². The number of hydrogen-bond donors (Lipinski definition) is 1. The summed E-state index contributed by atoms with van der Waals surface area (Å²) >= 11 is 0. The van der Waals surface area contributed by atoms with Gasteiger partial charge in [0, 0.05) is 29.1 Å². The third-order valence-electron chi connectivity index (χ3n) is 3.88. The summed E-state index contributed by atoms with van der Waals surface area (Å²) in [5.41, 5.74) is 1.46. The zero-order chi connectivity index (χ0) is 17.9. The SMILES string of the molecule is O=C(COc1ccc2ccc(=O)oc2c1)Nc1cccc2ncccc12. The molecule has 0 saturated carbocycles. The standard InChI is InChI=1S/C20H14N2O4/c23-19(22-17-5-1-4-16-15(17)3-2-10-21-16)12-25-14-8-6-13-7-9-20(24)26-18(13)11-14/h1-11H,12H2,(H,22,23). The van der Waals surface area contributed by atoms with E-state index in [1.54, 1.807) is 30.5 Å². The molecule has 0 atom stereocenters. The minimum absolute atomic E-state index is 0.167. The van der Waals surface area contributed by atoms with Gasteiger partial charge in [0.1, 0.15) is 11.3 Å². The Morgan fingerprint density at radius 1 is 1.08 bits per heavy atom. The monoisotopic (exact) mass is 346 g/mol. The highest BCUT2D eigenvalue weighted by molar-refractivity contribution is 6.01. The van der Waals surface area contributed by atoms with Gasteiger partial charge in [-0.3, -0.25) is 9.78 Å². The highest BCUT2D eigenvalue weighted by Crippen LogP contribution is 2.22. The molecule has 0 fully saturated rings. The normalized spacial score (nSPS) is 10.8. The fourth-order valence-corrected chi connectivity index (χ4v) is 2.68. The van der Waals surface area contributed by atoms with Crippen molar-refractivity contribution < 1.29 is 13.9 Å². The number of nitrogens with zero attached hydrogens (tertiary/aromatic N) is 1. The Bertz CT molecular complexity index is 1160. The van der Waals surface area contributed by atoms with Gasteiger partial charge in [-0.25, -0.2) is 4.79 Å². The van der Waals surface area contributed by atoms with Crippen LogP contribution in [0, 0.1) is 0 Å². The van der Waals surface area contributed by atoms with Gasteiger partial charge < -0.3 is 14.5 Å². The van der Waals surface area contributed by atoms with E-state index >= 15 is 0 Å². The highest BCUT2D eigenvalue weighted by Gasteiger charge is 2.08. The molecule has 2 aromatic heterocycles. The van der Waals surface area contributed by atoms with Gasteiger partial charge in [-0.2, -0.15) is 0 Å². The molecule has 0 unspecified atom stereocenters. The summed E-state index contributed by atoms with van der Waals surface area (Å²) in [4.78, 5) is 27.8. The van der Waals surface area contributed by atoms with Crippen LogP contribution >= 0.6 is 0 Å². The number of ether oxygens (including phenoxy) is 1. The van der Waals surface area contributed by atoms with Crippen LogP contribution < -0.4 is 15.7 Å². The Kier molecular flexibility index (Phi) is 4.07. The number of anilines is 1. The molecular formula is C20H14N2O4. The van der Waals surface area contributed by atoms with Crippen molar-refractivity contribution in [2.45, 2.75) is 0 Å². The lowest BCUT2D eigenvalue weighted by molar-refractivity contribution is -0.118. The Labute approximate surface area is 148 Å². The minimum atomic E-state index is -0.433. The molecule has 6 heteroatoms. The molecule has 0 aliphatic rings. The van der Waals surface area contributed by atoms with Gasteiger partial charge in [-0.15, -0.1) is 0 Å². The molecule has 128 valence electrons. The largest absolute Gasteiger partial charge is 0.484 e. The zero-order valence-corrected chi connectivity index (χ0v) is 13.6. The topological polar surface area (TPSA) is 81.4 Å². The van der Waals surface area contributed by atoms with Crippen molar-refractivity contribution in [1.82, 2.24) is 4.98 Å². The fraction of sp³-hybridized carbons (Fsp3) is 0.0500. The van der Waals surface area contributed by atoms with Crippen molar-refractivity contribution >= 4 is 33.5 Å². The molecule has 1 amide bonds. The van der Waals surface area contributed by atoms with Gasteiger partial charge in [0.2, 0.25) is 0 Å². The van der Waals surface area contributed by atoms with Crippen molar-refractivity contribution in [2.24, 2.45) is 0 Å². The van der Waals surface area contributed by atoms with E-state index < -0.39 is 5.63 Å². The van der Waals surface area contributed by atoms with E-state index in [9.17, 15) is 9.59 Å². The lowest BCUT2D eigenvalue weighted by Gasteiger charge is -2.10. The first kappa shape index (κ1) is 15.8. The van der Waals surface area contributed by atoms with Gasteiger partial charge in [0.15, 0.2) is 6.61 Å². The van der Waals surface area contributed by atoms with Crippen molar-refractivity contribution in [3.8, 4) is 5.75 Å². The lowest BCUT2D eigenvalue weighted by atomic mass is 10.2. The molecule has 26 heavy (non-hydrogen) atoms. The highest BCUT2D eigenvalue weighted by atomic mass is 16.5. The molecule has 0 aliphatic carbocycles. The average molecular weight is 346 g/mol. The maximum atomic E-state index is 12.2. The van der Waals surface area contributed by atoms with Gasteiger partial charge >= 0.3 is 5.63 Å². The summed E-state index contributed by atoms with van der Waals surface area (Å²) in [5.74, 6) is 0.151. The molecule has 2 aromatic carbocycles. The Morgan fingerprint density at radius 3 is 2.88 bits per heavy atom. The van der Waals surface area contributed by atoms with E-state index in [0.29, 0.717) is 17.0 Å². The number of rotatable bonds is 4. The van der Waals surface area contributed by atoms with Crippen LogP contribution in [-0.2, 0) is 4.79 Å². The molecule has 0 saturated heterocycles. The van der Waals surface area contributed by atoms with E-state index in [1.807, 2.05) is 30.3 Å². The van der Waals surface area contributed by atoms with E-state index in [1.165, 1.54) is 6.07 Å². The van der Waals surface area contributed by atoms with E-state index in [0.717, 1.165) is 16.3 Å². The Balaban J connectivity index is 1.47. The maximum absolute atomic E-state index is 12.2. The number of carbonyl (C=O) groups excluding carboxylic acids is 1. The van der Waals surface area contributed by atoms with Crippen LogP contribution in [0.25, 0.3) is 21.9 Å². The summed E-state index contributed by atoms with van der Waals surface area (Å²) in [5, 5.41) is 4.46. The second-order valence-electron chi connectivity index (χ2n) is 5.67. The molecule has 6 nitrogen and oxygen atoms in total. The van der Waals surface area contributed by atoms with Crippen molar-refractivity contribution in [2.75, 3.05) is 11.9 Å². The van der Waals surface area contributed by atoms with Crippen LogP contribution in [0.1, 0.15) is 0 Å². The third-order valence-corrected chi connectivity index (χ3v) is 3.88. The molecule has 0 aliphatic heterocycles. The van der Waals surface area contributed by atoms with Crippen molar-refractivity contribution in [3.05, 3.63) is 77.3 Å². The summed E-state index contributed by atoms with van der Waals surface area (Å²) in [6.07, 6.45) is 1.70. The third kappa shape index (κ3) is 3.25. The Morgan fingerprint density at radius 2 is 1.96 bits per heavy atom.